The Morgan fingerprint density at radius 1 is 0.929 bits per heavy atom. The Morgan fingerprint density at radius 3 is 1.71 bits per heavy atom. The Kier molecular flexibility index (Phi) is 3.00. The molecule has 14 heavy (non-hydrogen) atoms. The summed E-state index contributed by atoms with van der Waals surface area (Å²) < 4.78 is 6.92. The Morgan fingerprint density at radius 2 is 1.43 bits per heavy atom. The minimum Gasteiger partial charge on any atom is -1.00 e. The second-order valence-electron chi connectivity index (χ2n) is 4.23. The molecule has 3 rings (SSSR count). The van der Waals surface area contributed by atoms with Gasteiger partial charge >= 0.3 is 84.4 Å². The molecule has 0 N–H and O–H groups in total. The van der Waals surface area contributed by atoms with E-state index in [1.807, 2.05) is 6.56 Å². The van der Waals surface area contributed by atoms with E-state index in [0.717, 1.165) is 0 Å². The summed E-state index contributed by atoms with van der Waals surface area (Å²) in [5.74, 6) is 0. The summed E-state index contributed by atoms with van der Waals surface area (Å²) in [4.78, 5) is 0. The van der Waals surface area contributed by atoms with Crippen LogP contribution in [-0.2, 0) is 20.3 Å². The summed E-state index contributed by atoms with van der Waals surface area (Å²) in [6.07, 6.45) is 16.6. The first kappa shape index (κ1) is 10.6. The van der Waals surface area contributed by atoms with Crippen molar-refractivity contribution in [3.05, 3.63) is 43.0 Å². The molecule has 0 atom stereocenters. The third-order valence-corrected chi connectivity index (χ3v) is 15.1. The molecule has 0 saturated carbocycles. The average molecular weight is 286 g/mol. The van der Waals surface area contributed by atoms with E-state index in [0.29, 0.717) is 0 Å². The van der Waals surface area contributed by atoms with Crippen molar-refractivity contribution in [1.29, 1.82) is 0 Å². The van der Waals surface area contributed by atoms with Gasteiger partial charge in [0.05, 0.1) is 0 Å². The van der Waals surface area contributed by atoms with Gasteiger partial charge in [0.15, 0.2) is 0 Å². The van der Waals surface area contributed by atoms with Crippen LogP contribution >= 0.6 is 0 Å². The first-order valence-electron chi connectivity index (χ1n) is 5.14. The third kappa shape index (κ3) is 1.55. The van der Waals surface area contributed by atoms with E-state index in [-0.39, 0.29) is 13.8 Å². The molecule has 0 nitrogen and oxygen atoms in total. The average Bonchev–Trinajstić information content (AvgIpc) is 2.68. The molecule has 0 amide bonds. The maximum atomic E-state index is 2.42. The zero-order chi connectivity index (χ0) is 8.73. The van der Waals surface area contributed by atoms with Crippen molar-refractivity contribution in [2.75, 3.05) is 0 Å². The quantitative estimate of drug-likeness (QED) is 0.704. The van der Waals surface area contributed by atoms with Gasteiger partial charge in [-0.15, -0.1) is 0 Å². The van der Waals surface area contributed by atoms with Gasteiger partial charge in [-0.1, -0.05) is 0 Å². The molecule has 0 aromatic heterocycles. The van der Waals surface area contributed by atoms with Crippen molar-refractivity contribution < 1.29 is 34.1 Å². The monoisotopic (exact) mass is 284 g/mol. The third-order valence-electron chi connectivity index (χ3n) is 3.52. The molecule has 0 bridgehead atoms. The Balaban J connectivity index is 0.000000562. The molecule has 1 saturated heterocycles. The van der Waals surface area contributed by atoms with Gasteiger partial charge in [0.1, 0.15) is 0 Å². The molecule has 0 spiro atoms. The zero-order valence-electron chi connectivity index (χ0n) is 9.17. The topological polar surface area (TPSA) is 0 Å². The zero-order valence-corrected chi connectivity index (χ0v) is 11.4. The van der Waals surface area contributed by atoms with E-state index < -0.39 is 20.3 Å². The van der Waals surface area contributed by atoms with Gasteiger partial charge < -0.3 is 13.8 Å². The van der Waals surface area contributed by atoms with Gasteiger partial charge in [-0.2, -0.15) is 0 Å². The fourth-order valence-corrected chi connectivity index (χ4v) is 15.5. The molecule has 0 unspecified atom stereocenters. The Labute approximate surface area is 97.8 Å². The smallest absolute Gasteiger partial charge is 1.00 e. The van der Waals surface area contributed by atoms with Crippen LogP contribution in [0.2, 0.25) is 8.26 Å². The minimum atomic E-state index is -1.76. The van der Waals surface area contributed by atoms with E-state index >= 15 is 0 Å². The van der Waals surface area contributed by atoms with Crippen LogP contribution in [0.3, 0.4) is 0 Å². The van der Waals surface area contributed by atoms with Crippen molar-refractivity contribution in [3.63, 3.8) is 0 Å². The van der Waals surface area contributed by atoms with Gasteiger partial charge in [0.2, 0.25) is 0 Å². The fourth-order valence-electron chi connectivity index (χ4n) is 2.58. The van der Waals surface area contributed by atoms with Crippen LogP contribution in [0, 0.1) is 0 Å². The van der Waals surface area contributed by atoms with Crippen LogP contribution in [-0.4, -0.2) is 0 Å². The summed E-state index contributed by atoms with van der Waals surface area (Å²) in [5.41, 5.74) is 0. The van der Waals surface area contributed by atoms with E-state index in [1.54, 1.807) is 8.26 Å². The normalized spacial score (nSPS) is 23.4. The molecule has 0 radical (unpaired) electrons. The molecule has 0 aromatic rings. The first-order valence-corrected chi connectivity index (χ1v) is 11.1. The second-order valence-corrected chi connectivity index (χ2v) is 15.2. The summed E-state index contributed by atoms with van der Waals surface area (Å²) in [6, 6.07) is 0. The molecule has 1 fully saturated rings. The summed E-state index contributed by atoms with van der Waals surface area (Å²) in [6.45, 7) is 0. The molecule has 2 heteroatoms. The molecule has 74 valence electrons. The molecule has 1 heterocycles. The molecule has 2 aliphatic carbocycles. The van der Waals surface area contributed by atoms with Gasteiger partial charge in [-0.05, 0) is 0 Å². The molecular weight excluding hydrogens is 271 g/mol. The maximum absolute atomic E-state index is 2.42. The largest absolute Gasteiger partial charge is 1.00 e. The first-order chi connectivity index (χ1) is 6.42. The van der Waals surface area contributed by atoms with E-state index in [4.69, 9.17) is 0 Å². The number of halogens is 1. The van der Waals surface area contributed by atoms with E-state index in [9.17, 15) is 0 Å². The van der Waals surface area contributed by atoms with E-state index in [2.05, 4.69) is 36.5 Å². The van der Waals surface area contributed by atoms with Crippen LogP contribution in [0.5, 0.6) is 0 Å². The molecule has 0 aromatic carbocycles. The predicted molar refractivity (Wildman–Crippen MR) is 54.4 cm³/mol. The van der Waals surface area contributed by atoms with Gasteiger partial charge in [0.25, 0.3) is 0 Å². The number of rotatable bonds is 2. The van der Waals surface area contributed by atoms with Crippen molar-refractivity contribution in [2.45, 2.75) is 21.1 Å². The van der Waals surface area contributed by atoms with Crippen LogP contribution in [0.25, 0.3) is 0 Å². The molecule has 3 aliphatic rings. The van der Waals surface area contributed by atoms with Gasteiger partial charge in [-0.25, -0.2) is 0 Å². The van der Waals surface area contributed by atoms with Crippen molar-refractivity contribution in [2.24, 2.45) is 0 Å². The Hall–Kier alpha value is 0.133. The maximum Gasteiger partial charge on any atom is -1.00 e. The summed E-state index contributed by atoms with van der Waals surface area (Å²) in [5, 5.41) is 0. The van der Waals surface area contributed by atoms with Crippen LogP contribution in [0.4, 0.5) is 0 Å². The van der Waals surface area contributed by atoms with E-state index in [1.165, 1.54) is 12.8 Å². The summed E-state index contributed by atoms with van der Waals surface area (Å²) >= 11 is -1.76. The molecular formula is C12H15ClZr. The number of hydrogen-bond donors (Lipinski definition) is 0. The predicted octanol–water partition coefficient (Wildman–Crippen LogP) is 0.795. The van der Waals surface area contributed by atoms with Crippen molar-refractivity contribution in [1.82, 2.24) is 0 Å². The van der Waals surface area contributed by atoms with Crippen molar-refractivity contribution >= 4 is 0 Å². The number of allylic oxidation sites excluding steroid dienone is 8. The minimum absolute atomic E-state index is 0. The second kappa shape index (κ2) is 3.95. The fraction of sp³-hybridized carbons (Fsp3) is 0.333. The van der Waals surface area contributed by atoms with Gasteiger partial charge in [0, 0.05) is 0 Å². The Bertz CT molecular complexity index is 330. The van der Waals surface area contributed by atoms with Crippen LogP contribution in [0.15, 0.2) is 43.0 Å². The standard InChI is InChI=1S/2C5H5.C2H4.ClH.Zr.H/c2*1-2-4-5-3-1;1-2;;;/h2*1-3H,4H2;1-2H2;1H;;/q;;;;+2;-1/p-1. The number of hydrogen-bond acceptors (Lipinski definition) is 0. The SMILES string of the molecule is C1=CC[C]([Zr+2]2([C]3=CC=CC3)[CH2][CH2]2)=C1.[Cl-].[H-]. The van der Waals surface area contributed by atoms with Crippen LogP contribution < -0.4 is 12.4 Å². The van der Waals surface area contributed by atoms with Crippen LogP contribution in [0.1, 0.15) is 14.3 Å². The van der Waals surface area contributed by atoms with Crippen molar-refractivity contribution in [3.8, 4) is 0 Å². The molecule has 1 aliphatic heterocycles. The van der Waals surface area contributed by atoms with Gasteiger partial charge in [-0.3, -0.25) is 0 Å². The summed E-state index contributed by atoms with van der Waals surface area (Å²) in [7, 11) is 0.